The monoisotopic (exact) mass is 378 g/mol. The molecule has 1 atom stereocenters. The molecule has 0 spiro atoms. The van der Waals surface area contributed by atoms with Gasteiger partial charge in [-0.25, -0.2) is 0 Å². The second kappa shape index (κ2) is 8.00. The zero-order chi connectivity index (χ0) is 19.5. The van der Waals surface area contributed by atoms with Crippen LogP contribution in [0.3, 0.4) is 0 Å². The van der Waals surface area contributed by atoms with Crippen LogP contribution in [0.2, 0.25) is 0 Å². The molecule has 28 heavy (non-hydrogen) atoms. The molecule has 0 radical (unpaired) electrons. The number of carbonyl (C=O) groups is 1. The Kier molecular flexibility index (Phi) is 5.28. The van der Waals surface area contributed by atoms with Crippen LogP contribution in [0.1, 0.15) is 44.3 Å². The summed E-state index contributed by atoms with van der Waals surface area (Å²) in [6.07, 6.45) is 3.92. The first-order valence-corrected chi connectivity index (χ1v) is 9.96. The van der Waals surface area contributed by atoms with Crippen LogP contribution >= 0.6 is 0 Å². The summed E-state index contributed by atoms with van der Waals surface area (Å²) in [7, 11) is 0. The Hall–Kier alpha value is -2.89. The van der Waals surface area contributed by atoms with Crippen molar-refractivity contribution in [2.24, 2.45) is 5.92 Å². The minimum atomic E-state index is 0.143. The molecule has 146 valence electrons. The number of hydrogen-bond donors (Lipinski definition) is 0. The molecule has 6 heteroatoms. The number of fused-ring (bicyclic) bond motifs is 1. The fourth-order valence-electron chi connectivity index (χ4n) is 3.99. The van der Waals surface area contributed by atoms with Crippen molar-refractivity contribution in [3.8, 4) is 11.4 Å². The van der Waals surface area contributed by atoms with E-state index in [1.165, 1.54) is 5.69 Å². The number of benzene rings is 1. The molecule has 0 unspecified atom stereocenters. The fraction of sp³-hybridized carbons (Fsp3) is 0.409. The zero-order valence-corrected chi connectivity index (χ0v) is 16.4. The van der Waals surface area contributed by atoms with Gasteiger partial charge in [0.1, 0.15) is 0 Å². The van der Waals surface area contributed by atoms with Gasteiger partial charge < -0.3 is 14.0 Å². The highest BCUT2D eigenvalue weighted by Crippen LogP contribution is 2.32. The molecular formula is C22H26N4O2. The van der Waals surface area contributed by atoms with Gasteiger partial charge in [-0.15, -0.1) is 0 Å². The van der Waals surface area contributed by atoms with E-state index in [2.05, 4.69) is 46.9 Å². The third-order valence-corrected chi connectivity index (χ3v) is 5.32. The molecule has 0 saturated carbocycles. The normalized spacial score (nSPS) is 16.4. The minimum Gasteiger partial charge on any atom is -0.348 e. The van der Waals surface area contributed by atoms with Crippen LogP contribution in [0.5, 0.6) is 0 Å². The van der Waals surface area contributed by atoms with Crippen molar-refractivity contribution in [2.45, 2.75) is 45.7 Å². The smallest absolute Gasteiger partial charge is 0.226 e. The Morgan fingerprint density at radius 2 is 2.00 bits per heavy atom. The first-order valence-electron chi connectivity index (χ1n) is 9.96. The molecule has 0 N–H and O–H groups in total. The summed E-state index contributed by atoms with van der Waals surface area (Å²) in [5.41, 5.74) is 2.17. The highest BCUT2D eigenvalue weighted by Gasteiger charge is 2.32. The number of rotatable bonds is 6. The Labute approximate surface area is 165 Å². The number of hydrogen-bond acceptors (Lipinski definition) is 4. The van der Waals surface area contributed by atoms with Crippen molar-refractivity contribution in [2.75, 3.05) is 6.54 Å². The highest BCUT2D eigenvalue weighted by atomic mass is 16.5. The Morgan fingerprint density at radius 1 is 1.18 bits per heavy atom. The summed E-state index contributed by atoms with van der Waals surface area (Å²) in [6.45, 7) is 5.98. The number of nitrogens with zero attached hydrogens (tertiary/aromatic N) is 4. The lowest BCUT2D eigenvalue weighted by Crippen LogP contribution is -2.43. The lowest BCUT2D eigenvalue weighted by molar-refractivity contribution is -0.136. The number of aryl methyl sites for hydroxylation is 1. The van der Waals surface area contributed by atoms with E-state index in [1.807, 2.05) is 35.2 Å². The quantitative estimate of drug-likeness (QED) is 0.648. The minimum absolute atomic E-state index is 0.143. The van der Waals surface area contributed by atoms with E-state index in [9.17, 15) is 4.79 Å². The van der Waals surface area contributed by atoms with E-state index < -0.39 is 0 Å². The predicted octanol–water partition coefficient (Wildman–Crippen LogP) is 4.10. The van der Waals surface area contributed by atoms with Crippen LogP contribution in [-0.2, 0) is 17.8 Å². The number of amides is 1. The van der Waals surface area contributed by atoms with E-state index >= 15 is 0 Å². The maximum absolute atomic E-state index is 12.9. The van der Waals surface area contributed by atoms with E-state index in [0.717, 1.165) is 18.7 Å². The van der Waals surface area contributed by atoms with Gasteiger partial charge in [0.05, 0.1) is 6.04 Å². The predicted molar refractivity (Wildman–Crippen MR) is 106 cm³/mol. The first kappa shape index (κ1) is 18.5. The van der Waals surface area contributed by atoms with Gasteiger partial charge in [0.25, 0.3) is 0 Å². The van der Waals surface area contributed by atoms with Crippen molar-refractivity contribution in [1.82, 2.24) is 19.6 Å². The molecule has 1 amide bonds. The van der Waals surface area contributed by atoms with E-state index in [-0.39, 0.29) is 11.9 Å². The lowest BCUT2D eigenvalue weighted by atomic mass is 9.96. The SMILES string of the molecule is CC(C)[C@@H]1c2cccn2CCN1C(=O)CCCc1nc(-c2ccccc2)no1. The van der Waals surface area contributed by atoms with Crippen molar-refractivity contribution in [3.05, 3.63) is 60.2 Å². The van der Waals surface area contributed by atoms with Crippen LogP contribution in [0.25, 0.3) is 11.4 Å². The van der Waals surface area contributed by atoms with Crippen molar-refractivity contribution in [3.63, 3.8) is 0 Å². The summed E-state index contributed by atoms with van der Waals surface area (Å²) < 4.78 is 7.61. The summed E-state index contributed by atoms with van der Waals surface area (Å²) in [5, 5.41) is 4.04. The van der Waals surface area contributed by atoms with Gasteiger partial charge in [-0.05, 0) is 24.5 Å². The van der Waals surface area contributed by atoms with Crippen LogP contribution in [0.4, 0.5) is 0 Å². The Morgan fingerprint density at radius 3 is 2.79 bits per heavy atom. The Bertz CT molecular complexity index is 929. The average molecular weight is 378 g/mol. The zero-order valence-electron chi connectivity index (χ0n) is 16.4. The summed E-state index contributed by atoms with van der Waals surface area (Å²) >= 11 is 0. The number of aromatic nitrogens is 3. The van der Waals surface area contributed by atoms with Gasteiger partial charge in [0.15, 0.2) is 0 Å². The van der Waals surface area contributed by atoms with Crippen LogP contribution in [0, 0.1) is 5.92 Å². The first-order chi connectivity index (χ1) is 13.6. The average Bonchev–Trinajstić information content (AvgIpc) is 3.37. The van der Waals surface area contributed by atoms with Gasteiger partial charge in [-0.2, -0.15) is 4.98 Å². The van der Waals surface area contributed by atoms with Crippen LogP contribution in [-0.4, -0.2) is 32.1 Å². The van der Waals surface area contributed by atoms with Crippen molar-refractivity contribution >= 4 is 5.91 Å². The van der Waals surface area contributed by atoms with Gasteiger partial charge >= 0.3 is 0 Å². The number of carbonyl (C=O) groups excluding carboxylic acids is 1. The van der Waals surface area contributed by atoms with Crippen LogP contribution < -0.4 is 0 Å². The van der Waals surface area contributed by atoms with Crippen molar-refractivity contribution in [1.29, 1.82) is 0 Å². The molecule has 2 aromatic heterocycles. The highest BCUT2D eigenvalue weighted by molar-refractivity contribution is 5.76. The van der Waals surface area contributed by atoms with Gasteiger partial charge in [0.2, 0.25) is 17.6 Å². The molecule has 3 heterocycles. The molecule has 1 aromatic carbocycles. The van der Waals surface area contributed by atoms with Crippen LogP contribution in [0.15, 0.2) is 53.2 Å². The summed E-state index contributed by atoms with van der Waals surface area (Å²) in [5.74, 6) is 1.76. The fourth-order valence-corrected chi connectivity index (χ4v) is 3.99. The summed E-state index contributed by atoms with van der Waals surface area (Å²) in [4.78, 5) is 19.4. The third kappa shape index (κ3) is 3.72. The van der Waals surface area contributed by atoms with Crippen molar-refractivity contribution < 1.29 is 9.32 Å². The molecule has 1 aliphatic heterocycles. The summed E-state index contributed by atoms with van der Waals surface area (Å²) in [6, 6.07) is 14.1. The lowest BCUT2D eigenvalue weighted by Gasteiger charge is -2.39. The molecule has 6 nitrogen and oxygen atoms in total. The molecule has 0 bridgehead atoms. The molecule has 3 aromatic rings. The molecule has 0 aliphatic carbocycles. The second-order valence-corrected chi connectivity index (χ2v) is 7.63. The largest absolute Gasteiger partial charge is 0.348 e. The second-order valence-electron chi connectivity index (χ2n) is 7.63. The topological polar surface area (TPSA) is 64.2 Å². The van der Waals surface area contributed by atoms with Gasteiger partial charge in [0, 0.05) is 43.4 Å². The Balaban J connectivity index is 1.35. The van der Waals surface area contributed by atoms with E-state index in [0.29, 0.717) is 36.9 Å². The van der Waals surface area contributed by atoms with Gasteiger partial charge in [-0.3, -0.25) is 4.79 Å². The molecular weight excluding hydrogens is 352 g/mol. The van der Waals surface area contributed by atoms with Gasteiger partial charge in [-0.1, -0.05) is 49.3 Å². The maximum Gasteiger partial charge on any atom is 0.226 e. The third-order valence-electron chi connectivity index (χ3n) is 5.32. The standard InChI is InChI=1S/C22H26N4O2/c1-16(2)21-18-10-7-13-25(18)14-15-26(21)20(27)12-6-11-19-23-22(24-28-19)17-8-4-3-5-9-17/h3-5,7-10,13,16,21H,6,11-12,14-15H2,1-2H3/t21-/m1/s1. The molecule has 0 saturated heterocycles. The molecule has 4 rings (SSSR count). The maximum atomic E-state index is 12.9. The molecule has 1 aliphatic rings. The van der Waals surface area contributed by atoms with E-state index in [4.69, 9.17) is 4.52 Å². The van der Waals surface area contributed by atoms with E-state index in [1.54, 1.807) is 0 Å². The molecule has 0 fully saturated rings.